The lowest BCUT2D eigenvalue weighted by molar-refractivity contribution is -0.112. The van der Waals surface area contributed by atoms with E-state index in [4.69, 9.17) is 4.74 Å². The summed E-state index contributed by atoms with van der Waals surface area (Å²) in [6.07, 6.45) is 2.09. The van der Waals surface area contributed by atoms with Crippen molar-refractivity contribution in [2.24, 2.45) is 0 Å². The van der Waals surface area contributed by atoms with Crippen molar-refractivity contribution in [3.63, 3.8) is 0 Å². The van der Waals surface area contributed by atoms with E-state index in [1.807, 2.05) is 20.8 Å². The standard InChI is InChI=1S/C11H18INO3S/c1-11(2,3)16-10(15)13-8(6-14)4-5-9(13)7-17-12/h6,8-9H,4-5,7H2,1-3H3. The third-order valence-corrected chi connectivity index (χ3v) is 4.15. The van der Waals surface area contributed by atoms with Gasteiger partial charge in [0.25, 0.3) is 0 Å². The monoisotopic (exact) mass is 371 g/mol. The zero-order chi connectivity index (χ0) is 13.1. The fourth-order valence-corrected chi connectivity index (χ4v) is 3.60. The second-order valence-corrected chi connectivity index (χ2v) is 7.52. The van der Waals surface area contributed by atoms with Crippen molar-refractivity contribution in [2.75, 3.05) is 5.75 Å². The van der Waals surface area contributed by atoms with Gasteiger partial charge in [0.2, 0.25) is 0 Å². The Bertz CT molecular complexity index is 293. The van der Waals surface area contributed by atoms with Crippen molar-refractivity contribution in [1.29, 1.82) is 0 Å². The highest BCUT2D eigenvalue weighted by molar-refractivity contribution is 14.2. The van der Waals surface area contributed by atoms with Gasteiger partial charge in [-0.3, -0.25) is 4.90 Å². The van der Waals surface area contributed by atoms with Crippen LogP contribution in [0.4, 0.5) is 4.79 Å². The molecule has 0 N–H and O–H groups in total. The zero-order valence-corrected chi connectivity index (χ0v) is 13.3. The number of nitrogens with zero attached hydrogens (tertiary/aromatic N) is 1. The smallest absolute Gasteiger partial charge is 0.411 e. The van der Waals surface area contributed by atoms with Gasteiger partial charge in [-0.1, -0.05) is 8.93 Å². The number of rotatable bonds is 3. The number of carbonyl (C=O) groups excluding carboxylic acids is 2. The van der Waals surface area contributed by atoms with E-state index in [-0.39, 0.29) is 18.2 Å². The molecule has 0 bridgehead atoms. The number of halogens is 1. The normalized spacial score (nSPS) is 24.8. The molecule has 1 amide bonds. The molecule has 1 fully saturated rings. The molecule has 2 atom stereocenters. The van der Waals surface area contributed by atoms with E-state index in [0.29, 0.717) is 0 Å². The Kier molecular flexibility index (Phi) is 5.56. The van der Waals surface area contributed by atoms with Gasteiger partial charge in [0, 0.05) is 11.8 Å². The van der Waals surface area contributed by atoms with Crippen LogP contribution >= 0.6 is 30.1 Å². The number of hydrogen-bond acceptors (Lipinski definition) is 4. The number of amides is 1. The first-order valence-corrected chi connectivity index (χ1v) is 9.12. The lowest BCUT2D eigenvalue weighted by Gasteiger charge is -2.30. The second-order valence-electron chi connectivity index (χ2n) is 5.10. The van der Waals surface area contributed by atoms with Crippen LogP contribution in [0.15, 0.2) is 0 Å². The Balaban J connectivity index is 2.74. The van der Waals surface area contributed by atoms with Gasteiger partial charge in [-0.2, -0.15) is 0 Å². The van der Waals surface area contributed by atoms with Crippen molar-refractivity contribution in [1.82, 2.24) is 4.90 Å². The molecule has 98 valence electrons. The molecular formula is C11H18INO3S. The van der Waals surface area contributed by atoms with Crippen LogP contribution < -0.4 is 0 Å². The Morgan fingerprint density at radius 3 is 2.65 bits per heavy atom. The van der Waals surface area contributed by atoms with Gasteiger partial charge in [0.05, 0.1) is 6.04 Å². The van der Waals surface area contributed by atoms with Crippen LogP contribution in [-0.4, -0.2) is 40.7 Å². The molecule has 1 heterocycles. The van der Waals surface area contributed by atoms with Crippen molar-refractivity contribution in [2.45, 2.75) is 51.3 Å². The first-order valence-electron chi connectivity index (χ1n) is 5.59. The predicted octanol–water partition coefficient (Wildman–Crippen LogP) is 3.04. The number of likely N-dealkylation sites (tertiary alicyclic amines) is 1. The van der Waals surface area contributed by atoms with E-state index in [1.54, 1.807) is 13.8 Å². The molecule has 0 aromatic rings. The van der Waals surface area contributed by atoms with E-state index < -0.39 is 5.60 Å². The van der Waals surface area contributed by atoms with Crippen molar-refractivity contribution in [3.05, 3.63) is 0 Å². The van der Waals surface area contributed by atoms with Gasteiger partial charge < -0.3 is 9.53 Å². The molecule has 0 aliphatic carbocycles. The average molecular weight is 371 g/mol. The van der Waals surface area contributed by atoms with Crippen LogP contribution in [0.2, 0.25) is 0 Å². The molecule has 0 spiro atoms. The Hall–Kier alpha value is 0.0200. The molecule has 1 aliphatic heterocycles. The van der Waals surface area contributed by atoms with Crippen LogP contribution in [0, 0.1) is 0 Å². The largest absolute Gasteiger partial charge is 0.444 e. The highest BCUT2D eigenvalue weighted by Crippen LogP contribution is 2.29. The molecule has 17 heavy (non-hydrogen) atoms. The third-order valence-electron chi connectivity index (χ3n) is 2.56. The van der Waals surface area contributed by atoms with Gasteiger partial charge in [0.15, 0.2) is 0 Å². The summed E-state index contributed by atoms with van der Waals surface area (Å²) in [5.74, 6) is 0.837. The molecule has 0 aromatic carbocycles. The molecule has 2 unspecified atom stereocenters. The SMILES string of the molecule is CC(C)(C)OC(=O)N1C(C=O)CCC1CSI. The van der Waals surface area contributed by atoms with E-state index >= 15 is 0 Å². The number of ether oxygens (including phenoxy) is 1. The van der Waals surface area contributed by atoms with E-state index in [9.17, 15) is 9.59 Å². The summed E-state index contributed by atoms with van der Waals surface area (Å²) in [5, 5.41) is 0. The maximum atomic E-state index is 12.0. The summed E-state index contributed by atoms with van der Waals surface area (Å²) in [6.45, 7) is 5.50. The number of hydrogen-bond donors (Lipinski definition) is 0. The minimum Gasteiger partial charge on any atom is -0.444 e. The van der Waals surface area contributed by atoms with Crippen LogP contribution in [0.5, 0.6) is 0 Å². The van der Waals surface area contributed by atoms with Crippen molar-refractivity contribution < 1.29 is 14.3 Å². The summed E-state index contributed by atoms with van der Waals surface area (Å²) >= 11 is 2.21. The number of carbonyl (C=O) groups is 2. The highest BCUT2D eigenvalue weighted by Gasteiger charge is 2.38. The van der Waals surface area contributed by atoms with Gasteiger partial charge in [-0.05, 0) is 54.8 Å². The summed E-state index contributed by atoms with van der Waals surface area (Å²) in [6, 6.07) is -0.208. The van der Waals surface area contributed by atoms with E-state index in [2.05, 4.69) is 21.2 Å². The Morgan fingerprint density at radius 1 is 1.53 bits per heavy atom. The van der Waals surface area contributed by atoms with Gasteiger partial charge in [-0.15, -0.1) is 0 Å². The fourth-order valence-electron chi connectivity index (χ4n) is 1.88. The molecule has 6 heteroatoms. The molecule has 0 aromatic heterocycles. The molecule has 0 radical (unpaired) electrons. The van der Waals surface area contributed by atoms with Crippen LogP contribution in [0.1, 0.15) is 33.6 Å². The maximum Gasteiger partial charge on any atom is 0.411 e. The molecular weight excluding hydrogens is 353 g/mol. The fraction of sp³-hybridized carbons (Fsp3) is 0.818. The van der Waals surface area contributed by atoms with E-state index in [1.165, 1.54) is 0 Å². The molecule has 1 saturated heterocycles. The van der Waals surface area contributed by atoms with Crippen LogP contribution in [-0.2, 0) is 9.53 Å². The lowest BCUT2D eigenvalue weighted by atomic mass is 10.2. The maximum absolute atomic E-state index is 12.0. The molecule has 1 aliphatic rings. The van der Waals surface area contributed by atoms with Gasteiger partial charge in [-0.25, -0.2) is 4.79 Å². The minimum absolute atomic E-state index is 0.113. The Labute approximate surface area is 118 Å². The van der Waals surface area contributed by atoms with E-state index in [0.717, 1.165) is 24.9 Å². The minimum atomic E-state index is -0.519. The average Bonchev–Trinajstić information content (AvgIpc) is 2.58. The van der Waals surface area contributed by atoms with Crippen LogP contribution in [0.25, 0.3) is 0 Å². The quantitative estimate of drug-likeness (QED) is 0.565. The van der Waals surface area contributed by atoms with Gasteiger partial charge in [0.1, 0.15) is 11.9 Å². The second kappa shape index (κ2) is 6.26. The summed E-state index contributed by atoms with van der Waals surface area (Å²) in [4.78, 5) is 24.6. The van der Waals surface area contributed by atoms with Crippen LogP contribution in [0.3, 0.4) is 0 Å². The molecule has 1 rings (SSSR count). The predicted molar refractivity (Wildman–Crippen MR) is 77.4 cm³/mol. The van der Waals surface area contributed by atoms with Crippen molar-refractivity contribution >= 4 is 42.5 Å². The first kappa shape index (κ1) is 15.1. The molecule has 4 nitrogen and oxygen atoms in total. The summed E-state index contributed by atoms with van der Waals surface area (Å²) in [7, 11) is 1.66. The lowest BCUT2D eigenvalue weighted by Crippen LogP contribution is -2.45. The molecule has 0 saturated carbocycles. The third kappa shape index (κ3) is 4.31. The Morgan fingerprint density at radius 2 is 2.18 bits per heavy atom. The summed E-state index contributed by atoms with van der Waals surface area (Å²) in [5.41, 5.74) is -0.519. The number of aldehydes is 1. The van der Waals surface area contributed by atoms with Gasteiger partial charge >= 0.3 is 6.09 Å². The first-order chi connectivity index (χ1) is 7.89. The summed E-state index contributed by atoms with van der Waals surface area (Å²) < 4.78 is 5.35. The topological polar surface area (TPSA) is 46.6 Å². The van der Waals surface area contributed by atoms with Crippen molar-refractivity contribution in [3.8, 4) is 0 Å². The zero-order valence-electron chi connectivity index (χ0n) is 10.3. The highest BCUT2D eigenvalue weighted by atomic mass is 127.